The lowest BCUT2D eigenvalue weighted by Gasteiger charge is -2.24. The van der Waals surface area contributed by atoms with Crippen LogP contribution in [0.25, 0.3) is 0 Å². The molecule has 1 aliphatic heterocycles. The molecule has 25 heavy (non-hydrogen) atoms. The van der Waals surface area contributed by atoms with Crippen LogP contribution in [0.5, 0.6) is 0 Å². The molecule has 0 unspecified atom stereocenters. The monoisotopic (exact) mass is 371 g/mol. The Bertz CT molecular complexity index is 926. The minimum atomic E-state index is -4.66. The number of hydrogen-bond acceptors (Lipinski definition) is 3. The molecule has 132 valence electrons. The zero-order chi connectivity index (χ0) is 18.4. The minimum Gasteiger partial charge on any atom is -0.481 e. The van der Waals surface area contributed by atoms with Crippen molar-refractivity contribution in [3.05, 3.63) is 59.7 Å². The normalized spacial score (nSPS) is 18.8. The number of anilines is 1. The van der Waals surface area contributed by atoms with Crippen LogP contribution in [0.15, 0.2) is 53.4 Å². The van der Waals surface area contributed by atoms with Crippen molar-refractivity contribution < 1.29 is 31.5 Å². The number of halogens is 3. The summed E-state index contributed by atoms with van der Waals surface area (Å²) in [6, 6.07) is 8.72. The van der Waals surface area contributed by atoms with Gasteiger partial charge in [0.2, 0.25) is 0 Å². The van der Waals surface area contributed by atoms with Gasteiger partial charge < -0.3 is 5.11 Å². The van der Waals surface area contributed by atoms with Crippen LogP contribution in [0.1, 0.15) is 23.6 Å². The molecule has 2 aromatic rings. The van der Waals surface area contributed by atoms with E-state index >= 15 is 0 Å². The summed E-state index contributed by atoms with van der Waals surface area (Å²) in [5.74, 6) is -1.31. The van der Waals surface area contributed by atoms with Gasteiger partial charge in [0.25, 0.3) is 10.0 Å². The molecule has 0 saturated heterocycles. The van der Waals surface area contributed by atoms with Crippen molar-refractivity contribution in [2.75, 3.05) is 4.31 Å². The lowest BCUT2D eigenvalue weighted by Crippen LogP contribution is -2.29. The number of para-hydroxylation sites is 1. The van der Waals surface area contributed by atoms with Crippen molar-refractivity contribution in [3.8, 4) is 0 Å². The first-order chi connectivity index (χ1) is 11.6. The summed E-state index contributed by atoms with van der Waals surface area (Å²) in [5.41, 5.74) is -0.994. The number of aliphatic carboxylic acids is 1. The fourth-order valence-electron chi connectivity index (χ4n) is 2.87. The molecule has 5 nitrogen and oxygen atoms in total. The van der Waals surface area contributed by atoms with Crippen LogP contribution in [0.4, 0.5) is 18.9 Å². The number of carbonyl (C=O) groups is 1. The van der Waals surface area contributed by atoms with Crippen molar-refractivity contribution in [2.45, 2.75) is 23.5 Å². The van der Waals surface area contributed by atoms with E-state index in [0.29, 0.717) is 12.1 Å². The summed E-state index contributed by atoms with van der Waals surface area (Å²) in [6.07, 6.45) is -5.31. The molecular weight excluding hydrogens is 359 g/mol. The van der Waals surface area contributed by atoms with E-state index in [1.165, 1.54) is 12.1 Å². The lowest BCUT2D eigenvalue weighted by molar-refractivity contribution is -0.138. The first-order valence-electron chi connectivity index (χ1n) is 7.15. The Hall–Kier alpha value is -2.55. The molecule has 0 saturated carbocycles. The van der Waals surface area contributed by atoms with Crippen LogP contribution in [-0.4, -0.2) is 19.5 Å². The Morgan fingerprint density at radius 3 is 2.32 bits per heavy atom. The maximum atomic E-state index is 13.0. The Balaban J connectivity index is 2.23. The fourth-order valence-corrected chi connectivity index (χ4v) is 4.74. The van der Waals surface area contributed by atoms with E-state index < -0.39 is 40.2 Å². The van der Waals surface area contributed by atoms with Crippen LogP contribution >= 0.6 is 0 Å². The van der Waals surface area contributed by atoms with E-state index in [2.05, 4.69) is 0 Å². The highest BCUT2D eigenvalue weighted by Crippen LogP contribution is 2.46. The molecule has 0 bridgehead atoms. The number of sulfonamides is 1. The summed E-state index contributed by atoms with van der Waals surface area (Å²) in [7, 11) is -4.15. The smallest absolute Gasteiger partial charge is 0.416 e. The van der Waals surface area contributed by atoms with E-state index in [9.17, 15) is 26.4 Å². The van der Waals surface area contributed by atoms with Crippen LogP contribution in [-0.2, 0) is 21.0 Å². The topological polar surface area (TPSA) is 74.7 Å². The van der Waals surface area contributed by atoms with Gasteiger partial charge in [0, 0.05) is 0 Å². The van der Waals surface area contributed by atoms with Crippen molar-refractivity contribution in [2.24, 2.45) is 0 Å². The summed E-state index contributed by atoms with van der Waals surface area (Å²) in [6.45, 7) is 0. The molecule has 0 aromatic heterocycles. The molecule has 0 fully saturated rings. The average Bonchev–Trinajstić information content (AvgIpc) is 2.74. The molecule has 1 N–H and O–H groups in total. The molecule has 1 heterocycles. The molecule has 0 aliphatic carbocycles. The predicted octanol–water partition coefficient (Wildman–Crippen LogP) is 3.43. The number of nitrogens with zero attached hydrogens (tertiary/aromatic N) is 1. The van der Waals surface area contributed by atoms with Gasteiger partial charge in [-0.1, -0.05) is 18.2 Å². The van der Waals surface area contributed by atoms with E-state index in [1.807, 2.05) is 0 Å². The molecule has 9 heteroatoms. The van der Waals surface area contributed by atoms with Crippen LogP contribution < -0.4 is 4.31 Å². The van der Waals surface area contributed by atoms with Crippen LogP contribution in [0.3, 0.4) is 0 Å². The third-order valence-electron chi connectivity index (χ3n) is 3.89. The molecule has 0 radical (unpaired) electrons. The highest BCUT2D eigenvalue weighted by atomic mass is 32.2. The highest BCUT2D eigenvalue weighted by molar-refractivity contribution is 7.93. The van der Waals surface area contributed by atoms with Gasteiger partial charge in [-0.05, 0) is 35.9 Å². The third-order valence-corrected chi connectivity index (χ3v) is 5.81. The number of alkyl halides is 3. The number of fused-ring (bicyclic) bond motifs is 1. The van der Waals surface area contributed by atoms with Crippen molar-refractivity contribution in [1.29, 1.82) is 0 Å². The van der Waals surface area contributed by atoms with Gasteiger partial charge >= 0.3 is 12.1 Å². The average molecular weight is 371 g/mol. The zero-order valence-electron chi connectivity index (χ0n) is 12.6. The van der Waals surface area contributed by atoms with E-state index in [-0.39, 0.29) is 16.1 Å². The molecule has 1 atom stereocenters. The summed E-state index contributed by atoms with van der Waals surface area (Å²) >= 11 is 0. The Morgan fingerprint density at radius 2 is 1.76 bits per heavy atom. The van der Waals surface area contributed by atoms with Crippen molar-refractivity contribution in [3.63, 3.8) is 0 Å². The molecule has 3 rings (SSSR count). The Kier molecular flexibility index (Phi) is 3.98. The second-order valence-electron chi connectivity index (χ2n) is 5.50. The summed E-state index contributed by atoms with van der Waals surface area (Å²) < 4.78 is 65.4. The highest BCUT2D eigenvalue weighted by Gasteiger charge is 2.45. The second-order valence-corrected chi connectivity index (χ2v) is 7.28. The SMILES string of the molecule is O=C(O)C[C@H]1c2cc(C(F)(F)F)ccc2S(=O)(=O)N1c1ccccc1. The van der Waals surface area contributed by atoms with Gasteiger partial charge in [-0.15, -0.1) is 0 Å². The quantitative estimate of drug-likeness (QED) is 0.897. The maximum absolute atomic E-state index is 13.0. The first kappa shape index (κ1) is 17.3. The van der Waals surface area contributed by atoms with Gasteiger partial charge in [-0.25, -0.2) is 8.42 Å². The molecule has 2 aromatic carbocycles. The lowest BCUT2D eigenvalue weighted by atomic mass is 10.0. The van der Waals surface area contributed by atoms with Crippen molar-refractivity contribution in [1.82, 2.24) is 0 Å². The minimum absolute atomic E-state index is 0.166. The standard InChI is InChI=1S/C16H12F3NO4S/c17-16(18,19)10-6-7-14-12(8-10)13(9-15(21)22)20(25(14,23)24)11-4-2-1-3-5-11/h1-8,13H,9H2,(H,21,22)/t13-/m0/s1. The number of hydrogen-bond donors (Lipinski definition) is 1. The van der Waals surface area contributed by atoms with Crippen LogP contribution in [0, 0.1) is 0 Å². The Morgan fingerprint density at radius 1 is 1.12 bits per heavy atom. The predicted molar refractivity (Wildman–Crippen MR) is 82.5 cm³/mol. The first-order valence-corrected chi connectivity index (χ1v) is 8.59. The van der Waals surface area contributed by atoms with Crippen molar-refractivity contribution >= 4 is 21.7 Å². The molecule has 0 spiro atoms. The van der Waals surface area contributed by atoms with Gasteiger partial charge in [0.15, 0.2) is 0 Å². The number of carboxylic acid groups (broad SMARTS) is 1. The van der Waals surface area contributed by atoms with E-state index in [4.69, 9.17) is 5.11 Å². The summed E-state index contributed by atoms with van der Waals surface area (Å²) in [4.78, 5) is 10.9. The molecular formula is C16H12F3NO4S. The molecule has 0 amide bonds. The van der Waals surface area contributed by atoms with Crippen LogP contribution in [0.2, 0.25) is 0 Å². The molecule has 1 aliphatic rings. The third kappa shape index (κ3) is 2.95. The largest absolute Gasteiger partial charge is 0.481 e. The van der Waals surface area contributed by atoms with E-state index in [1.54, 1.807) is 18.2 Å². The number of carboxylic acids is 1. The number of rotatable bonds is 3. The summed E-state index contributed by atoms with van der Waals surface area (Å²) in [5, 5.41) is 9.12. The van der Waals surface area contributed by atoms with Gasteiger partial charge in [-0.2, -0.15) is 13.2 Å². The van der Waals surface area contributed by atoms with Gasteiger partial charge in [-0.3, -0.25) is 9.10 Å². The van der Waals surface area contributed by atoms with E-state index in [0.717, 1.165) is 10.4 Å². The maximum Gasteiger partial charge on any atom is 0.416 e. The fraction of sp³-hybridized carbons (Fsp3) is 0.188. The number of benzene rings is 2. The second kappa shape index (κ2) is 5.76. The van der Waals surface area contributed by atoms with Gasteiger partial charge in [0.05, 0.1) is 28.6 Å². The van der Waals surface area contributed by atoms with Gasteiger partial charge in [0.1, 0.15) is 0 Å². The Labute approximate surface area is 141 Å². The zero-order valence-corrected chi connectivity index (χ0v) is 13.4.